The van der Waals surface area contributed by atoms with E-state index < -0.39 is 5.97 Å². The fraction of sp³-hybridized carbons (Fsp3) is 0.200. The summed E-state index contributed by atoms with van der Waals surface area (Å²) in [4.78, 5) is 23.2. The van der Waals surface area contributed by atoms with Crippen LogP contribution >= 0.6 is 11.6 Å². The molecular formula is C15H15ClNNaO4. The van der Waals surface area contributed by atoms with E-state index in [0.29, 0.717) is 22.0 Å². The van der Waals surface area contributed by atoms with Crippen molar-refractivity contribution in [3.8, 4) is 0 Å². The molecule has 1 aromatic carbocycles. The first-order valence-electron chi connectivity index (χ1n) is 6.05. The van der Waals surface area contributed by atoms with Crippen molar-refractivity contribution in [3.63, 3.8) is 0 Å². The number of rotatable bonds is 4. The van der Waals surface area contributed by atoms with Gasteiger partial charge < -0.3 is 19.9 Å². The van der Waals surface area contributed by atoms with E-state index in [-0.39, 0.29) is 47.2 Å². The molecule has 2 N–H and O–H groups in total. The first-order valence-corrected chi connectivity index (χ1v) is 6.43. The van der Waals surface area contributed by atoms with Crippen LogP contribution in [0.4, 0.5) is 0 Å². The van der Waals surface area contributed by atoms with Gasteiger partial charge in [0.25, 0.3) is 0 Å². The summed E-state index contributed by atoms with van der Waals surface area (Å²) in [5.41, 5.74) is 2.27. The molecule has 0 bridgehead atoms. The molecule has 112 valence electrons. The molecule has 1 aromatic heterocycles. The number of carboxylic acid groups (broad SMARTS) is 1. The number of aryl methyl sites for hydroxylation is 1. The molecule has 2 rings (SSSR count). The molecule has 0 atom stereocenters. The number of aromatic nitrogens is 1. The molecule has 0 saturated heterocycles. The molecular weight excluding hydrogens is 317 g/mol. The SMILES string of the molecule is Cc1cc(CC(=O)[O-])n(C)c1C(=O)c1ccc(Cl)cc1.O.[Na+]. The van der Waals surface area contributed by atoms with Gasteiger partial charge in [-0.3, -0.25) is 4.79 Å². The van der Waals surface area contributed by atoms with Crippen molar-refractivity contribution in [3.05, 3.63) is 57.9 Å². The van der Waals surface area contributed by atoms with E-state index >= 15 is 0 Å². The minimum atomic E-state index is -1.17. The molecule has 1 heterocycles. The van der Waals surface area contributed by atoms with Gasteiger partial charge in [0.15, 0.2) is 0 Å². The van der Waals surface area contributed by atoms with E-state index in [0.717, 1.165) is 5.56 Å². The average Bonchev–Trinajstić information content (AvgIpc) is 2.64. The quantitative estimate of drug-likeness (QED) is 0.465. The number of carboxylic acids is 1. The van der Waals surface area contributed by atoms with Gasteiger partial charge in [-0.05, 0) is 42.8 Å². The fourth-order valence-electron chi connectivity index (χ4n) is 2.21. The van der Waals surface area contributed by atoms with Gasteiger partial charge in [-0.1, -0.05) is 11.6 Å². The Hall–Kier alpha value is -1.11. The molecule has 0 fully saturated rings. The monoisotopic (exact) mass is 331 g/mol. The maximum atomic E-state index is 12.5. The molecule has 5 nitrogen and oxygen atoms in total. The molecule has 0 spiro atoms. The van der Waals surface area contributed by atoms with Gasteiger partial charge in [0.2, 0.25) is 5.78 Å². The second-order valence-electron chi connectivity index (χ2n) is 4.61. The zero-order chi connectivity index (χ0) is 14.9. The Morgan fingerprint density at radius 2 is 1.77 bits per heavy atom. The normalized spacial score (nSPS) is 9.59. The molecule has 0 aliphatic rings. The first-order chi connectivity index (χ1) is 9.40. The number of benzene rings is 1. The molecule has 0 saturated carbocycles. The van der Waals surface area contributed by atoms with Crippen molar-refractivity contribution in [1.29, 1.82) is 0 Å². The Bertz CT molecular complexity index is 680. The molecule has 2 aromatic rings. The van der Waals surface area contributed by atoms with E-state index in [9.17, 15) is 14.7 Å². The van der Waals surface area contributed by atoms with Crippen LogP contribution in [-0.2, 0) is 18.3 Å². The van der Waals surface area contributed by atoms with E-state index in [1.807, 2.05) is 0 Å². The van der Waals surface area contributed by atoms with Gasteiger partial charge in [-0.25, -0.2) is 0 Å². The zero-order valence-electron chi connectivity index (χ0n) is 12.6. The summed E-state index contributed by atoms with van der Waals surface area (Å²) in [6.07, 6.45) is -0.217. The fourth-order valence-corrected chi connectivity index (χ4v) is 2.34. The van der Waals surface area contributed by atoms with E-state index in [4.69, 9.17) is 11.6 Å². The van der Waals surface area contributed by atoms with Gasteiger partial charge in [0.1, 0.15) is 0 Å². The number of hydrogen-bond acceptors (Lipinski definition) is 3. The van der Waals surface area contributed by atoms with Crippen molar-refractivity contribution in [2.45, 2.75) is 13.3 Å². The third kappa shape index (κ3) is 4.44. The second kappa shape index (κ2) is 8.50. The van der Waals surface area contributed by atoms with Crippen LogP contribution in [0.2, 0.25) is 5.02 Å². The van der Waals surface area contributed by atoms with Crippen molar-refractivity contribution in [2.24, 2.45) is 7.05 Å². The molecule has 22 heavy (non-hydrogen) atoms. The Morgan fingerprint density at radius 1 is 1.23 bits per heavy atom. The number of aliphatic carboxylic acids is 1. The van der Waals surface area contributed by atoms with E-state index in [1.165, 1.54) is 0 Å². The molecule has 7 heteroatoms. The molecule has 0 aliphatic heterocycles. The number of halogens is 1. The van der Waals surface area contributed by atoms with Crippen molar-refractivity contribution >= 4 is 23.4 Å². The van der Waals surface area contributed by atoms with Gasteiger partial charge in [-0.2, -0.15) is 0 Å². The maximum absolute atomic E-state index is 12.5. The predicted octanol–water partition coefficient (Wildman–Crippen LogP) is -2.31. The summed E-state index contributed by atoms with van der Waals surface area (Å²) in [5, 5.41) is 11.3. The van der Waals surface area contributed by atoms with Crippen molar-refractivity contribution in [1.82, 2.24) is 4.57 Å². The second-order valence-corrected chi connectivity index (χ2v) is 5.05. The van der Waals surface area contributed by atoms with Crippen LogP contribution in [0.1, 0.15) is 27.3 Å². The molecule has 0 amide bonds. The topological polar surface area (TPSA) is 93.6 Å². The Kier molecular flexibility index (Phi) is 8.07. The maximum Gasteiger partial charge on any atom is 1.00 e. The van der Waals surface area contributed by atoms with Crippen LogP contribution in [-0.4, -0.2) is 21.8 Å². The van der Waals surface area contributed by atoms with Crippen molar-refractivity contribution in [2.75, 3.05) is 0 Å². The first kappa shape index (κ1) is 20.9. The minimum absolute atomic E-state index is 0. The predicted molar refractivity (Wildman–Crippen MR) is 77.4 cm³/mol. The van der Waals surface area contributed by atoms with Gasteiger partial charge in [0, 0.05) is 35.7 Å². The number of carbonyl (C=O) groups is 2. The van der Waals surface area contributed by atoms with Gasteiger partial charge in [0.05, 0.1) is 5.69 Å². The summed E-state index contributed by atoms with van der Waals surface area (Å²) in [5.74, 6) is -1.33. The number of carbonyl (C=O) groups excluding carboxylic acids is 2. The van der Waals surface area contributed by atoms with Crippen LogP contribution in [0, 0.1) is 6.92 Å². The number of hydrogen-bond donors (Lipinski definition) is 0. The van der Waals surface area contributed by atoms with Crippen molar-refractivity contribution < 1.29 is 49.7 Å². The molecule has 0 unspecified atom stereocenters. The zero-order valence-corrected chi connectivity index (χ0v) is 15.4. The Morgan fingerprint density at radius 3 is 2.27 bits per heavy atom. The molecule has 0 radical (unpaired) electrons. The summed E-state index contributed by atoms with van der Waals surface area (Å²) in [7, 11) is 1.68. The number of nitrogens with zero attached hydrogens (tertiary/aromatic N) is 1. The van der Waals surface area contributed by atoms with E-state index in [2.05, 4.69) is 0 Å². The summed E-state index contributed by atoms with van der Waals surface area (Å²) >= 11 is 5.80. The third-order valence-corrected chi connectivity index (χ3v) is 3.42. The third-order valence-electron chi connectivity index (χ3n) is 3.17. The van der Waals surface area contributed by atoms with Crippen LogP contribution in [0.15, 0.2) is 30.3 Å². The average molecular weight is 332 g/mol. The van der Waals surface area contributed by atoms with Crippen LogP contribution < -0.4 is 34.7 Å². The smallest absolute Gasteiger partial charge is 0.550 e. The van der Waals surface area contributed by atoms with Crippen LogP contribution in [0.25, 0.3) is 0 Å². The van der Waals surface area contributed by atoms with E-state index in [1.54, 1.807) is 48.9 Å². The summed E-state index contributed by atoms with van der Waals surface area (Å²) in [6.45, 7) is 1.78. The number of ketones is 1. The van der Waals surface area contributed by atoms with Crippen LogP contribution in [0.3, 0.4) is 0 Å². The van der Waals surface area contributed by atoms with Gasteiger partial charge in [-0.15, -0.1) is 0 Å². The Labute approximate surface area is 155 Å². The summed E-state index contributed by atoms with van der Waals surface area (Å²) in [6, 6.07) is 8.29. The van der Waals surface area contributed by atoms with Gasteiger partial charge >= 0.3 is 29.6 Å². The Balaban J connectivity index is 0.00000220. The standard InChI is InChI=1S/C15H14ClNO3.Na.H2O/c1-9-7-12(8-13(18)19)17(2)14(9)15(20)10-3-5-11(16)6-4-10;;/h3-7H,8H2,1-2H3,(H,18,19);;1H2/q;+1;/p-1. The largest absolute Gasteiger partial charge is 1.00 e. The minimum Gasteiger partial charge on any atom is -0.550 e. The summed E-state index contributed by atoms with van der Waals surface area (Å²) < 4.78 is 1.60. The van der Waals surface area contributed by atoms with Crippen LogP contribution in [0.5, 0.6) is 0 Å². The molecule has 0 aliphatic carbocycles.